The van der Waals surface area contributed by atoms with E-state index < -0.39 is 47.9 Å². The van der Waals surface area contributed by atoms with Crippen molar-refractivity contribution in [1.29, 1.82) is 0 Å². The van der Waals surface area contributed by atoms with Crippen molar-refractivity contribution in [3.63, 3.8) is 0 Å². The van der Waals surface area contributed by atoms with E-state index in [2.05, 4.69) is 0 Å². The molecule has 0 atom stereocenters. The molecule has 2 aromatic rings. The van der Waals surface area contributed by atoms with Gasteiger partial charge in [-0.2, -0.15) is 13.2 Å². The Morgan fingerprint density at radius 1 is 1.10 bits per heavy atom. The summed E-state index contributed by atoms with van der Waals surface area (Å²) in [4.78, 5) is 36.8. The number of hydrogen-bond donors (Lipinski definition) is 0. The third-order valence-corrected chi connectivity index (χ3v) is 4.14. The highest BCUT2D eigenvalue weighted by molar-refractivity contribution is 5.94. The SMILES string of the molecule is CC(C)(C)C(=O)OCOC(=O)c1cn(CC(F)(F)F)c2cc3c(cc2c1=O)OCO3. The lowest BCUT2D eigenvalue weighted by atomic mass is 9.98. The zero-order valence-corrected chi connectivity index (χ0v) is 16.3. The first-order valence-corrected chi connectivity index (χ1v) is 8.75. The molecule has 0 bridgehead atoms. The number of rotatable bonds is 4. The van der Waals surface area contributed by atoms with E-state index in [0.29, 0.717) is 4.57 Å². The lowest BCUT2D eigenvalue weighted by molar-refractivity contribution is -0.161. The third kappa shape index (κ3) is 4.50. The van der Waals surface area contributed by atoms with Crippen molar-refractivity contribution in [3.05, 3.63) is 34.1 Å². The number of halogens is 3. The monoisotopic (exact) mass is 429 g/mol. The number of hydrogen-bond acceptors (Lipinski definition) is 7. The van der Waals surface area contributed by atoms with Crippen molar-refractivity contribution >= 4 is 22.8 Å². The molecule has 1 aliphatic rings. The van der Waals surface area contributed by atoms with Crippen molar-refractivity contribution in [3.8, 4) is 11.5 Å². The van der Waals surface area contributed by atoms with Gasteiger partial charge in [-0.1, -0.05) is 0 Å². The van der Waals surface area contributed by atoms with Gasteiger partial charge in [0.15, 0.2) is 11.5 Å². The summed E-state index contributed by atoms with van der Waals surface area (Å²) >= 11 is 0. The molecule has 162 valence electrons. The first-order valence-electron chi connectivity index (χ1n) is 8.75. The number of ether oxygens (including phenoxy) is 4. The van der Waals surface area contributed by atoms with Gasteiger partial charge < -0.3 is 23.5 Å². The summed E-state index contributed by atoms with van der Waals surface area (Å²) in [7, 11) is 0. The van der Waals surface area contributed by atoms with Crippen molar-refractivity contribution < 1.29 is 41.7 Å². The van der Waals surface area contributed by atoms with Crippen LogP contribution in [0.3, 0.4) is 0 Å². The fourth-order valence-corrected chi connectivity index (χ4v) is 2.68. The molecule has 1 aromatic heterocycles. The lowest BCUT2D eigenvalue weighted by Crippen LogP contribution is -2.27. The minimum atomic E-state index is -4.62. The van der Waals surface area contributed by atoms with Crippen LogP contribution in [0.1, 0.15) is 31.1 Å². The molecule has 2 heterocycles. The molecule has 1 aliphatic heterocycles. The van der Waals surface area contributed by atoms with Crippen LogP contribution in [0, 0.1) is 5.41 Å². The van der Waals surface area contributed by atoms with Gasteiger partial charge >= 0.3 is 18.1 Å². The van der Waals surface area contributed by atoms with Crippen LogP contribution >= 0.6 is 0 Å². The Bertz CT molecular complexity index is 1070. The molecule has 0 radical (unpaired) electrons. The largest absolute Gasteiger partial charge is 0.454 e. The molecule has 1 aromatic carbocycles. The van der Waals surface area contributed by atoms with E-state index in [9.17, 15) is 27.6 Å². The maximum atomic E-state index is 13.1. The van der Waals surface area contributed by atoms with Crippen LogP contribution in [-0.4, -0.2) is 36.3 Å². The van der Waals surface area contributed by atoms with E-state index >= 15 is 0 Å². The molecule has 0 spiro atoms. The zero-order chi connectivity index (χ0) is 22.3. The third-order valence-electron chi connectivity index (χ3n) is 4.14. The average Bonchev–Trinajstić information content (AvgIpc) is 3.08. The van der Waals surface area contributed by atoms with Gasteiger partial charge in [-0.15, -0.1) is 0 Å². The van der Waals surface area contributed by atoms with Gasteiger partial charge in [0, 0.05) is 12.3 Å². The molecule has 0 saturated heterocycles. The molecule has 8 nitrogen and oxygen atoms in total. The number of aromatic nitrogens is 1. The summed E-state index contributed by atoms with van der Waals surface area (Å²) in [6, 6.07) is 2.45. The van der Waals surface area contributed by atoms with Crippen molar-refractivity contribution in [2.24, 2.45) is 5.41 Å². The van der Waals surface area contributed by atoms with Crippen LogP contribution in [0.5, 0.6) is 11.5 Å². The van der Waals surface area contributed by atoms with E-state index in [1.165, 1.54) is 12.1 Å². The molecule has 30 heavy (non-hydrogen) atoms. The predicted molar refractivity (Wildman–Crippen MR) is 96.2 cm³/mol. The molecule has 3 rings (SSSR count). The quantitative estimate of drug-likeness (QED) is 0.545. The summed E-state index contributed by atoms with van der Waals surface area (Å²) in [5.74, 6) is -1.53. The summed E-state index contributed by atoms with van der Waals surface area (Å²) in [6.45, 7) is 2.37. The van der Waals surface area contributed by atoms with E-state index in [1.807, 2.05) is 0 Å². The summed E-state index contributed by atoms with van der Waals surface area (Å²) in [5, 5.41) is -0.176. The second-order valence-corrected chi connectivity index (χ2v) is 7.57. The Balaban J connectivity index is 1.97. The maximum Gasteiger partial charge on any atom is 0.406 e. The summed E-state index contributed by atoms with van der Waals surface area (Å²) < 4.78 is 59.7. The second kappa shape index (κ2) is 7.54. The Kier molecular flexibility index (Phi) is 5.40. The minimum absolute atomic E-state index is 0.0858. The highest BCUT2D eigenvalue weighted by atomic mass is 19.4. The van der Waals surface area contributed by atoms with E-state index in [0.717, 1.165) is 6.20 Å². The van der Waals surface area contributed by atoms with E-state index in [4.69, 9.17) is 18.9 Å². The van der Waals surface area contributed by atoms with Crippen LogP contribution < -0.4 is 14.9 Å². The first-order chi connectivity index (χ1) is 13.9. The highest BCUT2D eigenvalue weighted by Crippen LogP contribution is 2.35. The maximum absolute atomic E-state index is 13.1. The van der Waals surface area contributed by atoms with Gasteiger partial charge in [-0.05, 0) is 26.8 Å². The number of fused-ring (bicyclic) bond motifs is 2. The normalized spacial score (nSPS) is 13.4. The molecule has 0 unspecified atom stereocenters. The van der Waals surface area contributed by atoms with Crippen molar-refractivity contribution in [1.82, 2.24) is 4.57 Å². The average molecular weight is 429 g/mol. The van der Waals surface area contributed by atoms with Crippen LogP contribution in [-0.2, 0) is 20.8 Å². The van der Waals surface area contributed by atoms with Gasteiger partial charge in [0.2, 0.25) is 19.0 Å². The van der Waals surface area contributed by atoms with Gasteiger partial charge in [-0.25, -0.2) is 4.79 Å². The number of nitrogens with zero attached hydrogens (tertiary/aromatic N) is 1. The molecule has 0 aliphatic carbocycles. The Labute approximate surface area is 168 Å². The van der Waals surface area contributed by atoms with Gasteiger partial charge in [0.1, 0.15) is 12.1 Å². The van der Waals surface area contributed by atoms with Gasteiger partial charge in [-0.3, -0.25) is 9.59 Å². The van der Waals surface area contributed by atoms with E-state index in [-0.39, 0.29) is 29.2 Å². The van der Waals surface area contributed by atoms with Crippen molar-refractivity contribution in [2.75, 3.05) is 13.6 Å². The number of pyridine rings is 1. The molecular formula is C19H18F3NO7. The minimum Gasteiger partial charge on any atom is -0.454 e. The number of carbonyl (C=O) groups excluding carboxylic acids is 2. The Morgan fingerprint density at radius 2 is 1.73 bits per heavy atom. The summed E-state index contributed by atoms with van der Waals surface area (Å²) in [5.41, 5.74) is -2.43. The van der Waals surface area contributed by atoms with Crippen molar-refractivity contribution in [2.45, 2.75) is 33.5 Å². The van der Waals surface area contributed by atoms with E-state index in [1.54, 1.807) is 20.8 Å². The standard InChI is InChI=1S/C19H18F3NO7/c1-18(2,3)17(26)30-9-29-16(25)11-6-23(7-19(20,21)22)12-5-14-13(27-8-28-14)4-10(12)15(11)24/h4-6H,7-9H2,1-3H3. The first kappa shape index (κ1) is 21.5. The molecule has 0 N–H and O–H groups in total. The molecular weight excluding hydrogens is 411 g/mol. The topological polar surface area (TPSA) is 93.1 Å². The highest BCUT2D eigenvalue weighted by Gasteiger charge is 2.30. The molecule has 0 saturated carbocycles. The number of carbonyl (C=O) groups is 2. The second-order valence-electron chi connectivity index (χ2n) is 7.57. The van der Waals surface area contributed by atoms with Crippen LogP contribution in [0.25, 0.3) is 10.9 Å². The smallest absolute Gasteiger partial charge is 0.406 e. The Morgan fingerprint density at radius 3 is 2.33 bits per heavy atom. The Hall–Kier alpha value is -3.24. The van der Waals surface area contributed by atoms with Crippen LogP contribution in [0.4, 0.5) is 13.2 Å². The molecule has 0 amide bonds. The fourth-order valence-electron chi connectivity index (χ4n) is 2.68. The van der Waals surface area contributed by atoms with Gasteiger partial charge in [0.25, 0.3) is 0 Å². The molecule has 0 fully saturated rings. The number of benzene rings is 1. The lowest BCUT2D eigenvalue weighted by Gasteiger charge is -2.17. The van der Waals surface area contributed by atoms with Crippen LogP contribution in [0.2, 0.25) is 0 Å². The number of alkyl halides is 3. The molecule has 11 heteroatoms. The fraction of sp³-hybridized carbons (Fsp3) is 0.421. The van der Waals surface area contributed by atoms with Crippen LogP contribution in [0.15, 0.2) is 23.1 Å². The number of esters is 2. The van der Waals surface area contributed by atoms with Gasteiger partial charge in [0.05, 0.1) is 16.3 Å². The zero-order valence-electron chi connectivity index (χ0n) is 16.3. The predicted octanol–water partition coefficient (Wildman–Crippen LogP) is 3.00. The summed E-state index contributed by atoms with van der Waals surface area (Å²) in [6.07, 6.45) is -3.87.